The van der Waals surface area contributed by atoms with Crippen LogP contribution in [0.3, 0.4) is 0 Å². The van der Waals surface area contributed by atoms with E-state index < -0.39 is 17.6 Å². The summed E-state index contributed by atoms with van der Waals surface area (Å²) in [5, 5.41) is 0.737. The zero-order chi connectivity index (χ0) is 22.2. The van der Waals surface area contributed by atoms with E-state index in [1.807, 2.05) is 6.07 Å². The van der Waals surface area contributed by atoms with Crippen LogP contribution in [-0.2, 0) is 6.18 Å². The summed E-state index contributed by atoms with van der Waals surface area (Å²) in [7, 11) is 1.51. The molecule has 0 aliphatic carbocycles. The van der Waals surface area contributed by atoms with E-state index in [0.717, 1.165) is 17.5 Å². The molecule has 2 amide bonds. The number of hydrogen-bond acceptors (Lipinski definition) is 4. The molecule has 0 N–H and O–H groups in total. The monoisotopic (exact) mass is 432 g/mol. The van der Waals surface area contributed by atoms with Crippen LogP contribution in [0, 0.1) is 0 Å². The standard InChI is InChI=1S/C22H19F3N2O4/c1-30-17-7-3-4-14-13-18(31-19(14)17)21(29)27-10-8-26(9-11-27)20(28)15-5-2-6-16(12-15)22(23,24)25/h2-7,12-13H,8-11H2,1H3. The molecule has 31 heavy (non-hydrogen) atoms. The minimum Gasteiger partial charge on any atom is -0.493 e. The Morgan fingerprint density at radius 2 is 1.58 bits per heavy atom. The predicted octanol–water partition coefficient (Wildman–Crippen LogP) is 4.06. The number of carbonyl (C=O) groups is 2. The first-order valence-electron chi connectivity index (χ1n) is 9.60. The maximum atomic E-state index is 12.9. The highest BCUT2D eigenvalue weighted by atomic mass is 19.4. The number of ether oxygens (including phenoxy) is 1. The number of methoxy groups -OCH3 is 1. The molecule has 9 heteroatoms. The first kappa shape index (κ1) is 20.8. The largest absolute Gasteiger partial charge is 0.493 e. The summed E-state index contributed by atoms with van der Waals surface area (Å²) in [4.78, 5) is 28.5. The highest BCUT2D eigenvalue weighted by molar-refractivity contribution is 5.98. The molecule has 0 radical (unpaired) electrons. The van der Waals surface area contributed by atoms with E-state index in [0.29, 0.717) is 11.3 Å². The molecule has 0 atom stereocenters. The summed E-state index contributed by atoms with van der Waals surface area (Å²) in [5.41, 5.74) is -0.418. The fraction of sp³-hybridized carbons (Fsp3) is 0.273. The summed E-state index contributed by atoms with van der Waals surface area (Å²) >= 11 is 0. The van der Waals surface area contributed by atoms with Gasteiger partial charge in [-0.15, -0.1) is 0 Å². The van der Waals surface area contributed by atoms with E-state index >= 15 is 0 Å². The van der Waals surface area contributed by atoms with Crippen molar-refractivity contribution in [1.82, 2.24) is 9.80 Å². The van der Waals surface area contributed by atoms with Crippen molar-refractivity contribution in [1.29, 1.82) is 0 Å². The second kappa shape index (κ2) is 7.98. The molecule has 1 saturated heterocycles. The molecule has 3 aromatic rings. The molecule has 1 aliphatic rings. The van der Waals surface area contributed by atoms with Gasteiger partial charge in [-0.25, -0.2) is 0 Å². The Hall–Kier alpha value is -3.49. The number of halogens is 3. The molecular weight excluding hydrogens is 413 g/mol. The van der Waals surface area contributed by atoms with Gasteiger partial charge in [0.25, 0.3) is 11.8 Å². The number of amides is 2. The lowest BCUT2D eigenvalue weighted by molar-refractivity contribution is -0.137. The van der Waals surface area contributed by atoms with E-state index in [2.05, 4.69) is 0 Å². The second-order valence-electron chi connectivity index (χ2n) is 7.15. The van der Waals surface area contributed by atoms with Crippen LogP contribution in [0.2, 0.25) is 0 Å². The van der Waals surface area contributed by atoms with Gasteiger partial charge < -0.3 is 19.0 Å². The highest BCUT2D eigenvalue weighted by Crippen LogP contribution is 2.30. The van der Waals surface area contributed by atoms with Gasteiger partial charge in [0, 0.05) is 37.1 Å². The lowest BCUT2D eigenvalue weighted by Crippen LogP contribution is -2.50. The summed E-state index contributed by atoms with van der Waals surface area (Å²) in [5.74, 6) is -0.124. The third-order valence-electron chi connectivity index (χ3n) is 5.23. The Morgan fingerprint density at radius 1 is 0.935 bits per heavy atom. The van der Waals surface area contributed by atoms with Crippen molar-refractivity contribution < 1.29 is 31.9 Å². The first-order chi connectivity index (χ1) is 14.8. The Morgan fingerprint density at radius 3 is 2.23 bits per heavy atom. The van der Waals surface area contributed by atoms with E-state index in [1.54, 1.807) is 23.1 Å². The van der Waals surface area contributed by atoms with Gasteiger partial charge in [0.15, 0.2) is 17.1 Å². The summed E-state index contributed by atoms with van der Waals surface area (Å²) in [6.45, 7) is 0.921. The average Bonchev–Trinajstić information content (AvgIpc) is 3.22. The summed E-state index contributed by atoms with van der Waals surface area (Å²) < 4.78 is 49.7. The van der Waals surface area contributed by atoms with E-state index in [-0.39, 0.29) is 43.4 Å². The molecule has 162 valence electrons. The maximum absolute atomic E-state index is 12.9. The molecule has 4 rings (SSSR count). The SMILES string of the molecule is COc1cccc2cc(C(=O)N3CCN(C(=O)c4cccc(C(F)(F)F)c4)CC3)oc12. The summed E-state index contributed by atoms with van der Waals surface area (Å²) in [6, 6.07) is 11.3. The van der Waals surface area contributed by atoms with Crippen LogP contribution in [0.5, 0.6) is 5.75 Å². The fourth-order valence-corrected chi connectivity index (χ4v) is 3.58. The Kier molecular flexibility index (Phi) is 5.34. The third-order valence-corrected chi connectivity index (χ3v) is 5.23. The Labute approximate surface area is 175 Å². The lowest BCUT2D eigenvalue weighted by atomic mass is 10.1. The number of para-hydroxylation sites is 1. The maximum Gasteiger partial charge on any atom is 0.416 e. The number of furan rings is 1. The quantitative estimate of drug-likeness (QED) is 0.626. The molecule has 2 heterocycles. The van der Waals surface area contributed by atoms with Crippen LogP contribution in [0.25, 0.3) is 11.0 Å². The van der Waals surface area contributed by atoms with E-state index in [9.17, 15) is 22.8 Å². The molecule has 1 fully saturated rings. The number of rotatable bonds is 3. The van der Waals surface area contributed by atoms with Crippen molar-refractivity contribution in [3.05, 3.63) is 65.4 Å². The normalized spacial score (nSPS) is 14.7. The molecule has 0 spiro atoms. The van der Waals surface area contributed by atoms with Crippen molar-refractivity contribution in [2.75, 3.05) is 33.3 Å². The topological polar surface area (TPSA) is 63.0 Å². The molecule has 1 aliphatic heterocycles. The van der Waals surface area contributed by atoms with E-state index in [1.165, 1.54) is 24.1 Å². The zero-order valence-electron chi connectivity index (χ0n) is 16.6. The average molecular weight is 432 g/mol. The van der Waals surface area contributed by atoms with Crippen molar-refractivity contribution >= 4 is 22.8 Å². The van der Waals surface area contributed by atoms with Crippen LogP contribution in [0.15, 0.2) is 52.9 Å². The van der Waals surface area contributed by atoms with Gasteiger partial charge in [0.05, 0.1) is 12.7 Å². The summed E-state index contributed by atoms with van der Waals surface area (Å²) in [6.07, 6.45) is -4.52. The first-order valence-corrected chi connectivity index (χ1v) is 9.60. The predicted molar refractivity (Wildman–Crippen MR) is 106 cm³/mol. The molecule has 1 aromatic heterocycles. The molecule has 0 bridgehead atoms. The number of piperazine rings is 1. The number of fused-ring (bicyclic) bond motifs is 1. The van der Waals surface area contributed by atoms with Crippen LogP contribution in [-0.4, -0.2) is 54.9 Å². The van der Waals surface area contributed by atoms with Crippen LogP contribution < -0.4 is 4.74 Å². The van der Waals surface area contributed by atoms with Crippen molar-refractivity contribution in [3.63, 3.8) is 0 Å². The van der Waals surface area contributed by atoms with Gasteiger partial charge in [-0.05, 0) is 30.3 Å². The third kappa shape index (κ3) is 4.08. The molecule has 2 aromatic carbocycles. The second-order valence-corrected chi connectivity index (χ2v) is 7.15. The zero-order valence-corrected chi connectivity index (χ0v) is 16.6. The van der Waals surface area contributed by atoms with E-state index in [4.69, 9.17) is 9.15 Å². The van der Waals surface area contributed by atoms with Gasteiger partial charge >= 0.3 is 6.18 Å². The number of alkyl halides is 3. The minimum absolute atomic E-state index is 0.0287. The Balaban J connectivity index is 1.44. The van der Waals surface area contributed by atoms with Crippen molar-refractivity contribution in [3.8, 4) is 5.75 Å². The number of hydrogen-bond donors (Lipinski definition) is 0. The number of benzene rings is 2. The number of nitrogens with zero attached hydrogens (tertiary/aromatic N) is 2. The van der Waals surface area contributed by atoms with Crippen LogP contribution in [0.4, 0.5) is 13.2 Å². The lowest BCUT2D eigenvalue weighted by Gasteiger charge is -2.34. The van der Waals surface area contributed by atoms with Gasteiger partial charge in [-0.1, -0.05) is 18.2 Å². The van der Waals surface area contributed by atoms with Gasteiger partial charge in [-0.2, -0.15) is 13.2 Å². The number of carbonyl (C=O) groups excluding carboxylic acids is 2. The fourth-order valence-electron chi connectivity index (χ4n) is 3.58. The highest BCUT2D eigenvalue weighted by Gasteiger charge is 2.32. The minimum atomic E-state index is -4.52. The van der Waals surface area contributed by atoms with Crippen molar-refractivity contribution in [2.24, 2.45) is 0 Å². The van der Waals surface area contributed by atoms with Gasteiger partial charge in [0.1, 0.15) is 0 Å². The van der Waals surface area contributed by atoms with Gasteiger partial charge in [-0.3, -0.25) is 9.59 Å². The van der Waals surface area contributed by atoms with Crippen LogP contribution >= 0.6 is 0 Å². The molecule has 0 saturated carbocycles. The van der Waals surface area contributed by atoms with Gasteiger partial charge in [0.2, 0.25) is 0 Å². The molecular formula is C22H19F3N2O4. The Bertz CT molecular complexity index is 1130. The smallest absolute Gasteiger partial charge is 0.416 e. The molecule has 6 nitrogen and oxygen atoms in total. The van der Waals surface area contributed by atoms with Crippen molar-refractivity contribution in [2.45, 2.75) is 6.18 Å². The van der Waals surface area contributed by atoms with Crippen LogP contribution in [0.1, 0.15) is 26.5 Å². The molecule has 0 unspecified atom stereocenters.